The Kier molecular flexibility index (Phi) is 9.54. The van der Waals surface area contributed by atoms with Gasteiger partial charge >= 0.3 is 0 Å². The number of benzene rings is 5. The van der Waals surface area contributed by atoms with Crippen molar-refractivity contribution < 1.29 is 18.3 Å². The third-order valence-electron chi connectivity index (χ3n) is 9.99. The van der Waals surface area contributed by atoms with Gasteiger partial charge in [0.2, 0.25) is 0 Å². The molecule has 0 saturated carbocycles. The van der Waals surface area contributed by atoms with E-state index in [0.717, 1.165) is 51.2 Å². The highest BCUT2D eigenvalue weighted by Gasteiger charge is 2.32. The monoisotopic (exact) mass is 673 g/mol. The molecule has 2 aromatic heterocycles. The third-order valence-corrected chi connectivity index (χ3v) is 9.99. The SMILES string of the molecule is Cc1ccc(N(c2ccc(C(C)(c3ccc(OCc4ccco4)cc3)c3ccc(OCc4ccco4)cc3)cc2)c2ccc(C)c(C)c2)cc1C. The zero-order valence-corrected chi connectivity index (χ0v) is 29.9. The van der Waals surface area contributed by atoms with E-state index in [1.165, 1.54) is 27.8 Å². The summed E-state index contributed by atoms with van der Waals surface area (Å²) in [6.07, 6.45) is 3.32. The van der Waals surface area contributed by atoms with Crippen LogP contribution in [-0.4, -0.2) is 0 Å². The van der Waals surface area contributed by atoms with E-state index < -0.39 is 5.41 Å². The van der Waals surface area contributed by atoms with Crippen LogP contribution in [0.2, 0.25) is 0 Å². The summed E-state index contributed by atoms with van der Waals surface area (Å²) >= 11 is 0. The van der Waals surface area contributed by atoms with E-state index in [-0.39, 0.29) is 0 Å². The van der Waals surface area contributed by atoms with E-state index in [9.17, 15) is 0 Å². The molecule has 0 aliphatic heterocycles. The Bertz CT molecular complexity index is 2050. The molecule has 5 aromatic carbocycles. The second-order valence-corrected chi connectivity index (χ2v) is 13.3. The molecule has 51 heavy (non-hydrogen) atoms. The van der Waals surface area contributed by atoms with E-state index in [4.69, 9.17) is 18.3 Å². The second kappa shape index (κ2) is 14.5. The molecule has 0 aliphatic rings. The van der Waals surface area contributed by atoms with Gasteiger partial charge < -0.3 is 23.2 Å². The minimum Gasteiger partial charge on any atom is -0.486 e. The summed E-state index contributed by atoms with van der Waals surface area (Å²) in [5, 5.41) is 0. The number of hydrogen-bond acceptors (Lipinski definition) is 5. The van der Waals surface area contributed by atoms with Gasteiger partial charge in [0.1, 0.15) is 36.2 Å². The van der Waals surface area contributed by atoms with Crippen LogP contribution in [0.4, 0.5) is 17.1 Å². The lowest BCUT2D eigenvalue weighted by molar-refractivity contribution is 0.270. The quantitative estimate of drug-likeness (QED) is 0.121. The summed E-state index contributed by atoms with van der Waals surface area (Å²) in [5.41, 5.74) is 11.4. The van der Waals surface area contributed by atoms with Crippen molar-refractivity contribution in [3.8, 4) is 11.5 Å². The molecule has 0 spiro atoms. The first-order valence-electron chi connectivity index (χ1n) is 17.3. The van der Waals surface area contributed by atoms with Crippen LogP contribution in [0.3, 0.4) is 0 Å². The third kappa shape index (κ3) is 7.20. The van der Waals surface area contributed by atoms with Crippen molar-refractivity contribution in [2.45, 2.75) is 53.2 Å². The van der Waals surface area contributed by atoms with E-state index in [1.807, 2.05) is 48.5 Å². The maximum Gasteiger partial charge on any atom is 0.146 e. The van der Waals surface area contributed by atoms with Gasteiger partial charge in [-0.25, -0.2) is 0 Å². The number of hydrogen-bond donors (Lipinski definition) is 0. The topological polar surface area (TPSA) is 48.0 Å². The minimum absolute atomic E-state index is 0.377. The highest BCUT2D eigenvalue weighted by Crippen LogP contribution is 2.42. The summed E-state index contributed by atoms with van der Waals surface area (Å²) in [6.45, 7) is 11.7. The molecular formula is C46H43NO4. The Morgan fingerprint density at radius 1 is 0.471 bits per heavy atom. The molecular weight excluding hydrogens is 631 g/mol. The van der Waals surface area contributed by atoms with Crippen molar-refractivity contribution in [1.82, 2.24) is 0 Å². The summed E-state index contributed by atoms with van der Waals surface area (Å²) < 4.78 is 23.0. The average Bonchev–Trinajstić information content (AvgIpc) is 3.89. The second-order valence-electron chi connectivity index (χ2n) is 13.3. The van der Waals surface area contributed by atoms with Crippen molar-refractivity contribution in [2.24, 2.45) is 0 Å². The van der Waals surface area contributed by atoms with Crippen molar-refractivity contribution in [3.63, 3.8) is 0 Å². The van der Waals surface area contributed by atoms with Gasteiger partial charge in [0, 0.05) is 22.5 Å². The average molecular weight is 674 g/mol. The zero-order valence-electron chi connectivity index (χ0n) is 29.9. The summed E-state index contributed by atoms with van der Waals surface area (Å²) in [4.78, 5) is 2.34. The molecule has 0 N–H and O–H groups in total. The number of rotatable bonds is 12. The van der Waals surface area contributed by atoms with Gasteiger partial charge in [-0.15, -0.1) is 0 Å². The van der Waals surface area contributed by atoms with Crippen LogP contribution in [0.15, 0.2) is 155 Å². The van der Waals surface area contributed by atoms with E-state index in [1.54, 1.807) is 12.5 Å². The van der Waals surface area contributed by atoms with Crippen LogP contribution < -0.4 is 14.4 Å². The molecule has 2 heterocycles. The predicted octanol–water partition coefficient (Wildman–Crippen LogP) is 12.1. The maximum atomic E-state index is 6.04. The number of ether oxygens (including phenoxy) is 2. The first-order valence-corrected chi connectivity index (χ1v) is 17.3. The van der Waals surface area contributed by atoms with Crippen molar-refractivity contribution >= 4 is 17.1 Å². The van der Waals surface area contributed by atoms with Crippen LogP contribution in [0.5, 0.6) is 11.5 Å². The molecule has 0 bridgehead atoms. The molecule has 5 nitrogen and oxygen atoms in total. The van der Waals surface area contributed by atoms with Crippen LogP contribution in [0.25, 0.3) is 0 Å². The lowest BCUT2D eigenvalue weighted by atomic mass is 9.71. The lowest BCUT2D eigenvalue weighted by Gasteiger charge is -2.33. The van der Waals surface area contributed by atoms with Crippen molar-refractivity contribution in [1.29, 1.82) is 0 Å². The Morgan fingerprint density at radius 3 is 1.24 bits per heavy atom. The Balaban J connectivity index is 1.25. The molecule has 7 aromatic rings. The zero-order chi connectivity index (χ0) is 35.4. The Morgan fingerprint density at radius 2 is 0.863 bits per heavy atom. The predicted molar refractivity (Wildman–Crippen MR) is 205 cm³/mol. The Hall–Kier alpha value is -5.94. The van der Waals surface area contributed by atoms with Crippen molar-refractivity contribution in [2.75, 3.05) is 4.90 Å². The fourth-order valence-corrected chi connectivity index (χ4v) is 6.49. The van der Waals surface area contributed by atoms with Gasteiger partial charge in [-0.1, -0.05) is 48.5 Å². The molecule has 0 atom stereocenters. The maximum absolute atomic E-state index is 6.04. The smallest absolute Gasteiger partial charge is 0.146 e. The van der Waals surface area contributed by atoms with Crippen LogP contribution in [-0.2, 0) is 18.6 Å². The van der Waals surface area contributed by atoms with Gasteiger partial charge in [0.05, 0.1) is 12.5 Å². The van der Waals surface area contributed by atoms with Crippen LogP contribution in [0, 0.1) is 27.7 Å². The van der Waals surface area contributed by atoms with E-state index in [0.29, 0.717) is 13.2 Å². The standard InChI is InChI=1S/C46H43NO4/c1-32-10-18-40(28-34(32)3)47(41-19-11-33(2)35(4)29-41)39-20-12-36(13-21-39)46(5,37-14-22-42(23-15-37)50-30-44-8-6-26-48-44)38-16-24-43(25-17-38)51-31-45-9-7-27-49-45/h6-29H,30-31H2,1-5H3. The number of nitrogens with zero attached hydrogens (tertiary/aromatic N) is 1. The number of aryl methyl sites for hydroxylation is 4. The summed E-state index contributed by atoms with van der Waals surface area (Å²) in [7, 11) is 0. The number of anilines is 3. The van der Waals surface area contributed by atoms with Gasteiger partial charge in [-0.05, 0) is 158 Å². The highest BCUT2D eigenvalue weighted by molar-refractivity contribution is 5.78. The largest absolute Gasteiger partial charge is 0.486 e. The molecule has 5 heteroatoms. The fraction of sp³-hybridized carbons (Fsp3) is 0.174. The molecule has 0 amide bonds. The molecule has 256 valence electrons. The van der Waals surface area contributed by atoms with Crippen LogP contribution in [0.1, 0.15) is 57.4 Å². The first kappa shape index (κ1) is 33.6. The van der Waals surface area contributed by atoms with Crippen molar-refractivity contribution in [3.05, 3.63) is 196 Å². The normalized spacial score (nSPS) is 11.4. The van der Waals surface area contributed by atoms with Gasteiger partial charge in [-0.3, -0.25) is 0 Å². The van der Waals surface area contributed by atoms with E-state index in [2.05, 4.69) is 124 Å². The molecule has 0 radical (unpaired) electrons. The van der Waals surface area contributed by atoms with Gasteiger partial charge in [-0.2, -0.15) is 0 Å². The minimum atomic E-state index is -0.483. The molecule has 0 unspecified atom stereocenters. The first-order chi connectivity index (χ1) is 24.8. The molecule has 0 aliphatic carbocycles. The van der Waals surface area contributed by atoms with Gasteiger partial charge in [0.15, 0.2) is 0 Å². The molecule has 7 rings (SSSR count). The number of furan rings is 2. The summed E-state index contributed by atoms with van der Waals surface area (Å²) in [6, 6.07) is 46.7. The molecule has 0 fully saturated rings. The van der Waals surface area contributed by atoms with Gasteiger partial charge in [0.25, 0.3) is 0 Å². The Labute approximate surface area is 300 Å². The van der Waals surface area contributed by atoms with Crippen LogP contribution >= 0.6 is 0 Å². The highest BCUT2D eigenvalue weighted by atomic mass is 16.5. The van der Waals surface area contributed by atoms with E-state index >= 15 is 0 Å². The lowest BCUT2D eigenvalue weighted by Crippen LogP contribution is -2.25. The summed E-state index contributed by atoms with van der Waals surface area (Å²) in [5.74, 6) is 3.14. The fourth-order valence-electron chi connectivity index (χ4n) is 6.49. The molecule has 0 saturated heterocycles.